The van der Waals surface area contributed by atoms with Crippen LogP contribution in [0.2, 0.25) is 0 Å². The molecule has 1 N–H and O–H groups in total. The summed E-state index contributed by atoms with van der Waals surface area (Å²) in [4.78, 5) is 22.2. The molecule has 0 bridgehead atoms. The first-order valence-corrected chi connectivity index (χ1v) is 6.14. The van der Waals surface area contributed by atoms with Crippen molar-refractivity contribution < 1.29 is 9.72 Å². The van der Waals surface area contributed by atoms with Gasteiger partial charge in [0.25, 0.3) is 11.6 Å². The molecule has 1 aromatic carbocycles. The van der Waals surface area contributed by atoms with Crippen molar-refractivity contribution in [1.82, 2.24) is 5.32 Å². The Morgan fingerprint density at radius 3 is 2.61 bits per heavy atom. The number of amides is 1. The van der Waals surface area contributed by atoms with Crippen LogP contribution in [-0.2, 0) is 0 Å². The van der Waals surface area contributed by atoms with Crippen molar-refractivity contribution in [2.45, 2.75) is 38.6 Å². The lowest BCUT2D eigenvalue weighted by atomic mass is 10.1. The maximum absolute atomic E-state index is 12.0. The number of non-ortho nitro benzene ring substituents is 1. The summed E-state index contributed by atoms with van der Waals surface area (Å²) in [6, 6.07) is 4.59. The summed E-state index contributed by atoms with van der Waals surface area (Å²) < 4.78 is 0. The first kappa shape index (κ1) is 12.5. The summed E-state index contributed by atoms with van der Waals surface area (Å²) in [5.74, 6) is -0.130. The van der Waals surface area contributed by atoms with Crippen LogP contribution in [0.5, 0.6) is 0 Å². The Hall–Kier alpha value is -1.91. The average Bonchev–Trinajstić information content (AvgIpc) is 2.81. The number of nitro groups is 1. The molecule has 0 unspecified atom stereocenters. The third-order valence-corrected chi connectivity index (χ3v) is 3.36. The summed E-state index contributed by atoms with van der Waals surface area (Å²) in [6.45, 7) is 1.72. The van der Waals surface area contributed by atoms with Crippen molar-refractivity contribution in [3.63, 3.8) is 0 Å². The van der Waals surface area contributed by atoms with Gasteiger partial charge in [-0.15, -0.1) is 0 Å². The van der Waals surface area contributed by atoms with E-state index < -0.39 is 4.92 Å². The van der Waals surface area contributed by atoms with Gasteiger partial charge in [-0.2, -0.15) is 0 Å². The fraction of sp³-hybridized carbons (Fsp3) is 0.462. The van der Waals surface area contributed by atoms with Crippen LogP contribution in [0.15, 0.2) is 18.2 Å². The molecule has 1 aromatic rings. The molecule has 0 atom stereocenters. The molecule has 0 aliphatic heterocycles. The minimum Gasteiger partial charge on any atom is -0.349 e. The van der Waals surface area contributed by atoms with Crippen molar-refractivity contribution in [1.29, 1.82) is 0 Å². The fourth-order valence-corrected chi connectivity index (χ4v) is 2.35. The number of nitrogens with zero attached hydrogens (tertiary/aromatic N) is 1. The summed E-state index contributed by atoms with van der Waals surface area (Å²) in [6.07, 6.45) is 4.36. The summed E-state index contributed by atoms with van der Waals surface area (Å²) in [5, 5.41) is 13.6. The lowest BCUT2D eigenvalue weighted by Crippen LogP contribution is -2.32. The van der Waals surface area contributed by atoms with E-state index in [4.69, 9.17) is 0 Å². The van der Waals surface area contributed by atoms with Gasteiger partial charge >= 0.3 is 0 Å². The number of nitro benzene ring substituents is 1. The van der Waals surface area contributed by atoms with Gasteiger partial charge in [-0.3, -0.25) is 14.9 Å². The molecule has 1 aliphatic carbocycles. The smallest absolute Gasteiger partial charge is 0.269 e. The molecule has 0 spiro atoms. The number of benzene rings is 1. The van der Waals surface area contributed by atoms with Crippen LogP contribution in [0.3, 0.4) is 0 Å². The Kier molecular flexibility index (Phi) is 3.60. The van der Waals surface area contributed by atoms with Crippen molar-refractivity contribution >= 4 is 11.6 Å². The Labute approximate surface area is 105 Å². The molecule has 1 aliphatic rings. The van der Waals surface area contributed by atoms with Crippen LogP contribution >= 0.6 is 0 Å². The number of hydrogen-bond acceptors (Lipinski definition) is 3. The Morgan fingerprint density at radius 2 is 2.06 bits per heavy atom. The average molecular weight is 248 g/mol. The zero-order chi connectivity index (χ0) is 13.1. The summed E-state index contributed by atoms with van der Waals surface area (Å²) in [5.41, 5.74) is 1.18. The highest BCUT2D eigenvalue weighted by atomic mass is 16.6. The van der Waals surface area contributed by atoms with E-state index in [-0.39, 0.29) is 17.6 Å². The predicted octanol–water partition coefficient (Wildman–Crippen LogP) is 2.58. The third kappa shape index (κ3) is 2.67. The van der Waals surface area contributed by atoms with Gasteiger partial charge in [-0.25, -0.2) is 0 Å². The van der Waals surface area contributed by atoms with Gasteiger partial charge < -0.3 is 5.32 Å². The molecule has 0 radical (unpaired) electrons. The second-order valence-electron chi connectivity index (χ2n) is 4.71. The van der Waals surface area contributed by atoms with E-state index in [0.29, 0.717) is 11.1 Å². The lowest BCUT2D eigenvalue weighted by Gasteiger charge is -2.13. The predicted molar refractivity (Wildman–Crippen MR) is 67.6 cm³/mol. The molecule has 0 aromatic heterocycles. The quantitative estimate of drug-likeness (QED) is 0.660. The first-order chi connectivity index (χ1) is 8.58. The molecule has 96 valence electrons. The van der Waals surface area contributed by atoms with Crippen molar-refractivity contribution in [2.75, 3.05) is 0 Å². The topological polar surface area (TPSA) is 72.2 Å². The van der Waals surface area contributed by atoms with Crippen molar-refractivity contribution in [3.8, 4) is 0 Å². The monoisotopic (exact) mass is 248 g/mol. The SMILES string of the molecule is Cc1cc([N+](=O)[O-])ccc1C(=O)NC1CCCC1. The van der Waals surface area contributed by atoms with E-state index in [1.165, 1.54) is 18.2 Å². The van der Waals surface area contributed by atoms with Gasteiger partial charge in [0, 0.05) is 23.7 Å². The van der Waals surface area contributed by atoms with Crippen LogP contribution < -0.4 is 5.32 Å². The van der Waals surface area contributed by atoms with Crippen LogP contribution in [0.1, 0.15) is 41.6 Å². The number of rotatable bonds is 3. The van der Waals surface area contributed by atoms with Crippen molar-refractivity contribution in [2.24, 2.45) is 0 Å². The standard InChI is InChI=1S/C13H16N2O3/c1-9-8-11(15(17)18)6-7-12(9)13(16)14-10-4-2-3-5-10/h6-8,10H,2-5H2,1H3,(H,14,16). The zero-order valence-corrected chi connectivity index (χ0v) is 10.3. The highest BCUT2D eigenvalue weighted by molar-refractivity contribution is 5.96. The van der Waals surface area contributed by atoms with Gasteiger partial charge in [0.15, 0.2) is 0 Å². The van der Waals surface area contributed by atoms with E-state index in [1.54, 1.807) is 6.92 Å². The molecular formula is C13H16N2O3. The molecule has 0 heterocycles. The normalized spacial score (nSPS) is 15.6. The Balaban J connectivity index is 2.12. The van der Waals surface area contributed by atoms with E-state index >= 15 is 0 Å². The summed E-state index contributed by atoms with van der Waals surface area (Å²) >= 11 is 0. The second-order valence-corrected chi connectivity index (χ2v) is 4.71. The number of nitrogens with one attached hydrogen (secondary N) is 1. The molecule has 1 amide bonds. The van der Waals surface area contributed by atoms with E-state index in [1.807, 2.05) is 0 Å². The Bertz CT molecular complexity index is 479. The van der Waals surface area contributed by atoms with Crippen LogP contribution in [0.4, 0.5) is 5.69 Å². The van der Waals surface area contributed by atoms with Crippen LogP contribution in [0, 0.1) is 17.0 Å². The number of hydrogen-bond donors (Lipinski definition) is 1. The van der Waals surface area contributed by atoms with Gasteiger partial charge in [0.05, 0.1) is 4.92 Å². The van der Waals surface area contributed by atoms with Crippen molar-refractivity contribution in [3.05, 3.63) is 39.4 Å². The minimum absolute atomic E-state index is 0.0184. The van der Waals surface area contributed by atoms with E-state index in [9.17, 15) is 14.9 Å². The molecule has 1 saturated carbocycles. The number of carbonyl (C=O) groups is 1. The highest BCUT2D eigenvalue weighted by Crippen LogP contribution is 2.20. The second kappa shape index (κ2) is 5.16. The van der Waals surface area contributed by atoms with Gasteiger partial charge in [0.1, 0.15) is 0 Å². The third-order valence-electron chi connectivity index (χ3n) is 3.36. The lowest BCUT2D eigenvalue weighted by molar-refractivity contribution is -0.384. The van der Waals surface area contributed by atoms with Crippen LogP contribution in [0.25, 0.3) is 0 Å². The highest BCUT2D eigenvalue weighted by Gasteiger charge is 2.19. The number of aryl methyl sites for hydroxylation is 1. The fourth-order valence-electron chi connectivity index (χ4n) is 2.35. The molecule has 5 nitrogen and oxygen atoms in total. The maximum Gasteiger partial charge on any atom is 0.269 e. The van der Waals surface area contributed by atoms with E-state index in [0.717, 1.165) is 25.7 Å². The van der Waals surface area contributed by atoms with Crippen LogP contribution in [-0.4, -0.2) is 16.9 Å². The van der Waals surface area contributed by atoms with Gasteiger partial charge in [-0.05, 0) is 31.4 Å². The maximum atomic E-state index is 12.0. The zero-order valence-electron chi connectivity index (χ0n) is 10.3. The molecule has 0 saturated heterocycles. The Morgan fingerprint density at radius 1 is 1.39 bits per heavy atom. The number of carbonyl (C=O) groups excluding carboxylic acids is 1. The minimum atomic E-state index is -0.453. The first-order valence-electron chi connectivity index (χ1n) is 6.14. The molecule has 18 heavy (non-hydrogen) atoms. The molecule has 5 heteroatoms. The molecular weight excluding hydrogens is 232 g/mol. The summed E-state index contributed by atoms with van der Waals surface area (Å²) in [7, 11) is 0. The van der Waals surface area contributed by atoms with Gasteiger partial charge in [-0.1, -0.05) is 12.8 Å². The molecule has 2 rings (SSSR count). The van der Waals surface area contributed by atoms with Gasteiger partial charge in [0.2, 0.25) is 0 Å². The molecule has 1 fully saturated rings. The largest absolute Gasteiger partial charge is 0.349 e. The van der Waals surface area contributed by atoms with E-state index in [2.05, 4.69) is 5.32 Å².